The van der Waals surface area contributed by atoms with Crippen LogP contribution in [0.15, 0.2) is 60.0 Å². The minimum atomic E-state index is -1.04. The second-order valence-electron chi connectivity index (χ2n) is 5.59. The molecule has 2 amide bonds. The SMILES string of the molecule is O=C(Cc1ccccc1)Nc1nc(C(=O)Nc2ccc(C(=O)O)cc2)cs1. The van der Waals surface area contributed by atoms with E-state index in [0.717, 1.165) is 16.9 Å². The smallest absolute Gasteiger partial charge is 0.335 e. The molecule has 2 aromatic carbocycles. The number of carbonyl (C=O) groups is 3. The summed E-state index contributed by atoms with van der Waals surface area (Å²) in [6.45, 7) is 0. The maximum absolute atomic E-state index is 12.2. The molecular weight excluding hydrogens is 366 g/mol. The van der Waals surface area contributed by atoms with Crippen LogP contribution in [0.1, 0.15) is 26.4 Å². The number of hydrogen-bond acceptors (Lipinski definition) is 5. The Labute approximate surface area is 158 Å². The molecule has 3 aromatic rings. The molecule has 27 heavy (non-hydrogen) atoms. The van der Waals surface area contributed by atoms with Gasteiger partial charge in [-0.25, -0.2) is 9.78 Å². The lowest BCUT2D eigenvalue weighted by atomic mass is 10.1. The summed E-state index contributed by atoms with van der Waals surface area (Å²) in [6.07, 6.45) is 0.220. The number of aromatic nitrogens is 1. The normalized spacial score (nSPS) is 10.2. The average molecular weight is 381 g/mol. The van der Waals surface area contributed by atoms with Gasteiger partial charge in [-0.3, -0.25) is 9.59 Å². The quantitative estimate of drug-likeness (QED) is 0.607. The highest BCUT2D eigenvalue weighted by molar-refractivity contribution is 7.14. The van der Waals surface area contributed by atoms with E-state index in [9.17, 15) is 14.4 Å². The van der Waals surface area contributed by atoms with Crippen molar-refractivity contribution < 1.29 is 19.5 Å². The second kappa shape index (κ2) is 8.24. The van der Waals surface area contributed by atoms with Crippen LogP contribution < -0.4 is 10.6 Å². The van der Waals surface area contributed by atoms with Crippen LogP contribution in [0, 0.1) is 0 Å². The van der Waals surface area contributed by atoms with Crippen LogP contribution in [0.3, 0.4) is 0 Å². The van der Waals surface area contributed by atoms with Crippen LogP contribution >= 0.6 is 11.3 Å². The van der Waals surface area contributed by atoms with Gasteiger partial charge in [0.25, 0.3) is 5.91 Å². The van der Waals surface area contributed by atoms with Crippen molar-refractivity contribution in [3.05, 3.63) is 76.8 Å². The molecule has 1 heterocycles. The molecule has 0 atom stereocenters. The number of rotatable bonds is 6. The molecule has 0 unspecified atom stereocenters. The largest absolute Gasteiger partial charge is 0.478 e. The Kier molecular flexibility index (Phi) is 5.58. The Morgan fingerprint density at radius 1 is 0.963 bits per heavy atom. The van der Waals surface area contributed by atoms with Crippen LogP contribution in [0.2, 0.25) is 0 Å². The summed E-state index contributed by atoms with van der Waals surface area (Å²) >= 11 is 1.15. The van der Waals surface area contributed by atoms with Gasteiger partial charge in [-0.05, 0) is 29.8 Å². The molecule has 0 fully saturated rings. The van der Waals surface area contributed by atoms with Crippen molar-refractivity contribution in [2.24, 2.45) is 0 Å². The van der Waals surface area contributed by atoms with Crippen molar-refractivity contribution in [2.45, 2.75) is 6.42 Å². The van der Waals surface area contributed by atoms with E-state index in [2.05, 4.69) is 15.6 Å². The molecule has 3 rings (SSSR count). The van der Waals surface area contributed by atoms with Gasteiger partial charge in [-0.15, -0.1) is 11.3 Å². The molecule has 0 bridgehead atoms. The van der Waals surface area contributed by atoms with E-state index in [0.29, 0.717) is 10.8 Å². The first-order chi connectivity index (χ1) is 13.0. The number of anilines is 2. The Balaban J connectivity index is 1.58. The summed E-state index contributed by atoms with van der Waals surface area (Å²) in [5.41, 5.74) is 1.63. The van der Waals surface area contributed by atoms with Gasteiger partial charge in [0.05, 0.1) is 12.0 Å². The van der Waals surface area contributed by atoms with E-state index in [1.807, 2.05) is 30.3 Å². The summed E-state index contributed by atoms with van der Waals surface area (Å²) in [6, 6.07) is 15.1. The van der Waals surface area contributed by atoms with E-state index in [4.69, 9.17) is 5.11 Å². The third-order valence-electron chi connectivity index (χ3n) is 3.58. The fourth-order valence-corrected chi connectivity index (χ4v) is 2.98. The minimum Gasteiger partial charge on any atom is -0.478 e. The number of nitrogens with one attached hydrogen (secondary N) is 2. The van der Waals surface area contributed by atoms with Crippen LogP contribution in [-0.4, -0.2) is 27.9 Å². The lowest BCUT2D eigenvalue weighted by Crippen LogP contribution is -2.15. The Hall–Kier alpha value is -3.52. The standard InChI is InChI=1S/C19H15N3O4S/c23-16(10-12-4-2-1-3-5-12)22-19-21-15(11-27-19)17(24)20-14-8-6-13(7-9-14)18(25)26/h1-9,11H,10H2,(H,20,24)(H,25,26)(H,21,22,23). The molecule has 0 saturated carbocycles. The van der Waals surface area contributed by atoms with E-state index >= 15 is 0 Å². The highest BCUT2D eigenvalue weighted by atomic mass is 32.1. The van der Waals surface area contributed by atoms with E-state index in [1.165, 1.54) is 24.3 Å². The Morgan fingerprint density at radius 2 is 1.67 bits per heavy atom. The van der Waals surface area contributed by atoms with Gasteiger partial charge < -0.3 is 15.7 Å². The van der Waals surface area contributed by atoms with Gasteiger partial charge in [0.1, 0.15) is 5.69 Å². The number of carbonyl (C=O) groups excluding carboxylic acids is 2. The van der Waals surface area contributed by atoms with Crippen molar-refractivity contribution in [2.75, 3.05) is 10.6 Å². The van der Waals surface area contributed by atoms with Gasteiger partial charge in [-0.1, -0.05) is 30.3 Å². The number of benzene rings is 2. The molecule has 3 N–H and O–H groups in total. The summed E-state index contributed by atoms with van der Waals surface area (Å²) in [4.78, 5) is 39.2. The van der Waals surface area contributed by atoms with Gasteiger partial charge in [0.15, 0.2) is 5.13 Å². The molecule has 0 radical (unpaired) electrons. The fourth-order valence-electron chi connectivity index (χ4n) is 2.27. The summed E-state index contributed by atoms with van der Waals surface area (Å²) in [7, 11) is 0. The maximum Gasteiger partial charge on any atom is 0.335 e. The predicted molar refractivity (Wildman–Crippen MR) is 102 cm³/mol. The van der Waals surface area contributed by atoms with Gasteiger partial charge >= 0.3 is 5.97 Å². The highest BCUT2D eigenvalue weighted by Gasteiger charge is 2.13. The van der Waals surface area contributed by atoms with Crippen molar-refractivity contribution in [3.8, 4) is 0 Å². The zero-order valence-electron chi connectivity index (χ0n) is 14.0. The Bertz CT molecular complexity index is 968. The maximum atomic E-state index is 12.2. The molecule has 0 saturated heterocycles. The number of thiazole rings is 1. The van der Waals surface area contributed by atoms with Crippen molar-refractivity contribution >= 4 is 39.9 Å². The van der Waals surface area contributed by atoms with Crippen molar-refractivity contribution in [1.29, 1.82) is 0 Å². The topological polar surface area (TPSA) is 108 Å². The number of carboxylic acid groups (broad SMARTS) is 1. The van der Waals surface area contributed by atoms with E-state index in [1.54, 1.807) is 5.38 Å². The average Bonchev–Trinajstić information content (AvgIpc) is 3.11. The molecule has 0 spiro atoms. The van der Waals surface area contributed by atoms with Crippen LogP contribution in [0.5, 0.6) is 0 Å². The fraction of sp³-hybridized carbons (Fsp3) is 0.0526. The second-order valence-corrected chi connectivity index (χ2v) is 6.44. The number of nitrogens with zero attached hydrogens (tertiary/aromatic N) is 1. The van der Waals surface area contributed by atoms with Crippen LogP contribution in [-0.2, 0) is 11.2 Å². The third kappa shape index (κ3) is 4.99. The molecule has 0 aliphatic rings. The molecular formula is C19H15N3O4S. The zero-order chi connectivity index (χ0) is 19.2. The minimum absolute atomic E-state index is 0.130. The number of aromatic carboxylic acids is 1. The Morgan fingerprint density at radius 3 is 2.33 bits per heavy atom. The monoisotopic (exact) mass is 381 g/mol. The van der Waals surface area contributed by atoms with Crippen molar-refractivity contribution in [1.82, 2.24) is 4.98 Å². The highest BCUT2D eigenvalue weighted by Crippen LogP contribution is 2.18. The molecule has 1 aromatic heterocycles. The number of amides is 2. The van der Waals surface area contributed by atoms with Gasteiger partial charge in [-0.2, -0.15) is 0 Å². The van der Waals surface area contributed by atoms with E-state index < -0.39 is 11.9 Å². The molecule has 0 aliphatic carbocycles. The summed E-state index contributed by atoms with van der Waals surface area (Å²) < 4.78 is 0. The molecule has 7 nitrogen and oxygen atoms in total. The number of hydrogen-bond donors (Lipinski definition) is 3. The first-order valence-electron chi connectivity index (χ1n) is 7.95. The van der Waals surface area contributed by atoms with Crippen LogP contribution in [0.4, 0.5) is 10.8 Å². The first-order valence-corrected chi connectivity index (χ1v) is 8.83. The molecule has 136 valence electrons. The summed E-state index contributed by atoms with van der Waals surface area (Å²) in [5.74, 6) is -1.70. The lowest BCUT2D eigenvalue weighted by molar-refractivity contribution is -0.115. The lowest BCUT2D eigenvalue weighted by Gasteiger charge is -2.04. The molecule has 0 aliphatic heterocycles. The zero-order valence-corrected chi connectivity index (χ0v) is 14.8. The third-order valence-corrected chi connectivity index (χ3v) is 4.34. The predicted octanol–water partition coefficient (Wildman–Crippen LogP) is 3.27. The van der Waals surface area contributed by atoms with Gasteiger partial charge in [0, 0.05) is 11.1 Å². The first kappa shape index (κ1) is 18.3. The summed E-state index contributed by atoms with van der Waals surface area (Å²) in [5, 5.41) is 16.1. The number of carboxylic acids is 1. The van der Waals surface area contributed by atoms with Crippen LogP contribution in [0.25, 0.3) is 0 Å². The van der Waals surface area contributed by atoms with Gasteiger partial charge in [0.2, 0.25) is 5.91 Å². The molecule has 8 heteroatoms. The van der Waals surface area contributed by atoms with E-state index in [-0.39, 0.29) is 23.6 Å². The van der Waals surface area contributed by atoms with Crippen molar-refractivity contribution in [3.63, 3.8) is 0 Å².